The van der Waals surface area contributed by atoms with E-state index in [1.54, 1.807) is 13.8 Å². The molecule has 0 aliphatic heterocycles. The van der Waals surface area contributed by atoms with Crippen LogP contribution in [0, 0.1) is 0 Å². The standard InChI is InChI=1S/C4H9Cl.C4H11O3P/c1-2-3-4-5;1-3-6-8(5)7-4-2/h2-4H2,1H3;8H,3-4H2,1-2H3. The van der Waals surface area contributed by atoms with E-state index in [-0.39, 0.29) is 0 Å². The molecule has 0 aliphatic carbocycles. The van der Waals surface area contributed by atoms with Crippen LogP contribution in [0.2, 0.25) is 0 Å². The second kappa shape index (κ2) is 14.9. The molecule has 0 unspecified atom stereocenters. The van der Waals surface area contributed by atoms with Gasteiger partial charge in [-0.2, -0.15) is 0 Å². The summed E-state index contributed by atoms with van der Waals surface area (Å²) in [5, 5.41) is 0. The maximum absolute atomic E-state index is 10.4. The van der Waals surface area contributed by atoms with Gasteiger partial charge in [-0.05, 0) is 20.3 Å². The lowest BCUT2D eigenvalue weighted by Crippen LogP contribution is -1.81. The Labute approximate surface area is 86.7 Å². The molecule has 0 atom stereocenters. The van der Waals surface area contributed by atoms with Gasteiger partial charge in [-0.15, -0.1) is 11.6 Å². The van der Waals surface area contributed by atoms with Gasteiger partial charge >= 0.3 is 8.25 Å². The predicted octanol–water partition coefficient (Wildman–Crippen LogP) is 3.47. The Bertz CT molecular complexity index is 102. The minimum atomic E-state index is -2.14. The van der Waals surface area contributed by atoms with Crippen molar-refractivity contribution in [2.45, 2.75) is 33.6 Å². The van der Waals surface area contributed by atoms with E-state index in [1.807, 2.05) is 0 Å². The first kappa shape index (κ1) is 15.9. The second-order valence-corrected chi connectivity index (χ2v) is 3.61. The Morgan fingerprint density at radius 3 is 1.77 bits per heavy atom. The molecule has 0 aromatic heterocycles. The van der Waals surface area contributed by atoms with Crippen LogP contribution in [0.3, 0.4) is 0 Å². The largest absolute Gasteiger partial charge is 0.319 e. The topological polar surface area (TPSA) is 35.5 Å². The summed E-state index contributed by atoms with van der Waals surface area (Å²) in [6, 6.07) is 0. The first-order valence-electron chi connectivity index (χ1n) is 4.58. The first-order chi connectivity index (χ1) is 6.22. The summed E-state index contributed by atoms with van der Waals surface area (Å²) in [5.74, 6) is 0.816. The maximum Gasteiger partial charge on any atom is 0.319 e. The Morgan fingerprint density at radius 2 is 1.62 bits per heavy atom. The molecule has 5 heteroatoms. The van der Waals surface area contributed by atoms with Crippen molar-refractivity contribution in [3.05, 3.63) is 0 Å². The normalized spacial score (nSPS) is 9.62. The molecular formula is C8H20ClO3P. The zero-order valence-corrected chi connectivity index (χ0v) is 10.4. The van der Waals surface area contributed by atoms with Crippen molar-refractivity contribution in [3.8, 4) is 0 Å². The van der Waals surface area contributed by atoms with Crippen molar-refractivity contribution >= 4 is 19.9 Å². The Hall–Kier alpha value is 0.440. The van der Waals surface area contributed by atoms with Crippen molar-refractivity contribution in [2.24, 2.45) is 0 Å². The number of rotatable bonds is 6. The third-order valence-corrected chi connectivity index (χ3v) is 2.33. The van der Waals surface area contributed by atoms with Crippen molar-refractivity contribution in [2.75, 3.05) is 19.1 Å². The van der Waals surface area contributed by atoms with Crippen LogP contribution in [0.4, 0.5) is 0 Å². The van der Waals surface area contributed by atoms with E-state index >= 15 is 0 Å². The zero-order valence-electron chi connectivity index (χ0n) is 8.64. The molecule has 0 fully saturated rings. The van der Waals surface area contributed by atoms with Gasteiger partial charge in [0.1, 0.15) is 0 Å². The lowest BCUT2D eigenvalue weighted by molar-refractivity contribution is 0.243. The van der Waals surface area contributed by atoms with Gasteiger partial charge in [0.05, 0.1) is 13.2 Å². The lowest BCUT2D eigenvalue weighted by atomic mass is 10.4. The smallest absolute Gasteiger partial charge is 0.311 e. The number of hydrogen-bond acceptors (Lipinski definition) is 3. The molecule has 0 aromatic rings. The van der Waals surface area contributed by atoms with Crippen LogP contribution in [0.25, 0.3) is 0 Å². The fourth-order valence-electron chi connectivity index (χ4n) is 0.411. The Morgan fingerprint density at radius 1 is 1.15 bits per heavy atom. The molecule has 0 spiro atoms. The van der Waals surface area contributed by atoms with Crippen molar-refractivity contribution in [1.29, 1.82) is 0 Å². The average Bonchev–Trinajstić information content (AvgIpc) is 2.08. The molecule has 0 bridgehead atoms. The fourth-order valence-corrected chi connectivity index (χ4v) is 1.23. The number of hydrogen-bond donors (Lipinski definition) is 0. The molecule has 0 heterocycles. The fraction of sp³-hybridized carbons (Fsp3) is 1.00. The molecule has 0 N–H and O–H groups in total. The maximum atomic E-state index is 10.4. The summed E-state index contributed by atoms with van der Waals surface area (Å²) >= 11 is 5.30. The molecule has 3 nitrogen and oxygen atoms in total. The van der Waals surface area contributed by atoms with Crippen molar-refractivity contribution < 1.29 is 13.6 Å². The van der Waals surface area contributed by atoms with E-state index in [9.17, 15) is 4.57 Å². The summed E-state index contributed by atoms with van der Waals surface area (Å²) in [6.45, 7) is 6.60. The van der Waals surface area contributed by atoms with Crippen LogP contribution in [-0.2, 0) is 13.6 Å². The molecule has 0 saturated heterocycles. The second-order valence-electron chi connectivity index (χ2n) is 2.16. The van der Waals surface area contributed by atoms with Gasteiger partial charge in [0, 0.05) is 5.88 Å². The molecule has 0 radical (unpaired) electrons. The summed E-state index contributed by atoms with van der Waals surface area (Å²) in [5.41, 5.74) is 0. The van der Waals surface area contributed by atoms with Gasteiger partial charge in [-0.1, -0.05) is 13.3 Å². The molecule has 82 valence electrons. The van der Waals surface area contributed by atoms with E-state index < -0.39 is 8.25 Å². The average molecular weight is 231 g/mol. The minimum Gasteiger partial charge on any atom is -0.311 e. The Balaban J connectivity index is 0. The molecule has 0 rings (SSSR count). The Kier molecular flexibility index (Phi) is 18.3. The number of alkyl halides is 1. The van der Waals surface area contributed by atoms with Crippen LogP contribution in [-0.4, -0.2) is 19.1 Å². The van der Waals surface area contributed by atoms with Crippen LogP contribution in [0.15, 0.2) is 0 Å². The van der Waals surface area contributed by atoms with E-state index in [1.165, 1.54) is 6.42 Å². The molecule has 0 aliphatic rings. The van der Waals surface area contributed by atoms with Gasteiger partial charge in [-0.25, -0.2) is 0 Å². The highest BCUT2D eigenvalue weighted by Crippen LogP contribution is 2.21. The lowest BCUT2D eigenvalue weighted by Gasteiger charge is -1.97. The predicted molar refractivity (Wildman–Crippen MR) is 57.9 cm³/mol. The summed E-state index contributed by atoms with van der Waals surface area (Å²) in [6.07, 6.45) is 2.37. The van der Waals surface area contributed by atoms with Gasteiger partial charge in [0.15, 0.2) is 0 Å². The van der Waals surface area contributed by atoms with E-state index in [4.69, 9.17) is 11.6 Å². The monoisotopic (exact) mass is 230 g/mol. The summed E-state index contributed by atoms with van der Waals surface area (Å²) in [7, 11) is -2.14. The molecule has 13 heavy (non-hydrogen) atoms. The molecular weight excluding hydrogens is 211 g/mol. The van der Waals surface area contributed by atoms with E-state index in [2.05, 4.69) is 16.0 Å². The summed E-state index contributed by atoms with van der Waals surface area (Å²) in [4.78, 5) is 0. The highest BCUT2D eigenvalue weighted by molar-refractivity contribution is 7.33. The van der Waals surface area contributed by atoms with Crippen LogP contribution in [0.1, 0.15) is 33.6 Å². The molecule has 0 amide bonds. The third-order valence-electron chi connectivity index (χ3n) is 1.01. The summed E-state index contributed by atoms with van der Waals surface area (Å²) < 4.78 is 19.6. The minimum absolute atomic E-state index is 0.456. The van der Waals surface area contributed by atoms with Gasteiger partial charge in [0.2, 0.25) is 0 Å². The number of halogens is 1. The first-order valence-corrected chi connectivity index (χ1v) is 6.34. The molecule has 0 aromatic carbocycles. The van der Waals surface area contributed by atoms with E-state index in [0.29, 0.717) is 13.2 Å². The third kappa shape index (κ3) is 19.0. The van der Waals surface area contributed by atoms with Crippen molar-refractivity contribution in [3.63, 3.8) is 0 Å². The van der Waals surface area contributed by atoms with Gasteiger partial charge in [0.25, 0.3) is 0 Å². The van der Waals surface area contributed by atoms with Crippen LogP contribution in [0.5, 0.6) is 0 Å². The van der Waals surface area contributed by atoms with Crippen LogP contribution < -0.4 is 0 Å². The van der Waals surface area contributed by atoms with Gasteiger partial charge in [-0.3, -0.25) is 4.57 Å². The highest BCUT2D eigenvalue weighted by Gasteiger charge is 1.91. The zero-order chi connectivity index (χ0) is 10.5. The van der Waals surface area contributed by atoms with E-state index in [0.717, 1.165) is 12.3 Å². The highest BCUT2D eigenvalue weighted by atomic mass is 35.5. The SMILES string of the molecule is CCCCCl.CCO[PH](=O)OCC. The van der Waals surface area contributed by atoms with Gasteiger partial charge < -0.3 is 9.05 Å². The van der Waals surface area contributed by atoms with Crippen LogP contribution >= 0.6 is 19.9 Å². The quantitative estimate of drug-likeness (QED) is 0.518. The van der Waals surface area contributed by atoms with Crippen molar-refractivity contribution in [1.82, 2.24) is 0 Å². The molecule has 0 saturated carbocycles. The number of unbranched alkanes of at least 4 members (excludes halogenated alkanes) is 1.